The highest BCUT2D eigenvalue weighted by molar-refractivity contribution is 7.98. The lowest BCUT2D eigenvalue weighted by Crippen LogP contribution is -2.39. The highest BCUT2D eigenvalue weighted by Gasteiger charge is 2.12. The van der Waals surface area contributed by atoms with Crippen LogP contribution in [-0.2, 0) is 4.79 Å². The van der Waals surface area contributed by atoms with E-state index < -0.39 is 0 Å². The van der Waals surface area contributed by atoms with Crippen LogP contribution in [0.25, 0.3) is 0 Å². The van der Waals surface area contributed by atoms with Crippen LogP contribution in [0.3, 0.4) is 0 Å². The van der Waals surface area contributed by atoms with Crippen LogP contribution in [0.4, 0.5) is 0 Å². The van der Waals surface area contributed by atoms with Gasteiger partial charge in [0.15, 0.2) is 0 Å². The summed E-state index contributed by atoms with van der Waals surface area (Å²) in [6, 6.07) is 0.294. The molecule has 0 aromatic rings. The molecule has 4 heteroatoms. The first-order chi connectivity index (χ1) is 5.61. The molecule has 2 atom stereocenters. The van der Waals surface area contributed by atoms with Crippen molar-refractivity contribution in [3.8, 4) is 0 Å². The lowest BCUT2D eigenvalue weighted by molar-refractivity contribution is -0.120. The molecular weight excluding hydrogens is 190 g/mol. The first-order valence-corrected chi connectivity index (χ1v) is 6.00. The topological polar surface area (TPSA) is 29.1 Å². The van der Waals surface area contributed by atoms with E-state index in [9.17, 15) is 4.79 Å². The van der Waals surface area contributed by atoms with Gasteiger partial charge in [-0.3, -0.25) is 4.79 Å². The first-order valence-electron chi connectivity index (χ1n) is 4.09. The van der Waals surface area contributed by atoms with Crippen molar-refractivity contribution in [1.82, 2.24) is 5.32 Å². The van der Waals surface area contributed by atoms with Gasteiger partial charge in [0.25, 0.3) is 0 Å². The maximum Gasteiger partial charge on any atom is 0.232 e. The standard InChI is InChI=1S/C8H17NOS2/c1-4-7(5-12-3)9-8(10)6(2)11/h6-7,11H,4-5H2,1-3H3,(H,9,10). The molecule has 0 saturated heterocycles. The third-order valence-corrected chi connectivity index (χ3v) is 2.56. The molecule has 0 rings (SSSR count). The second-order valence-corrected chi connectivity index (χ2v) is 4.43. The van der Waals surface area contributed by atoms with Gasteiger partial charge < -0.3 is 5.32 Å². The minimum absolute atomic E-state index is 0.0271. The van der Waals surface area contributed by atoms with Crippen LogP contribution in [0.2, 0.25) is 0 Å². The first kappa shape index (κ1) is 12.2. The SMILES string of the molecule is CCC(CSC)NC(=O)C(C)S. The number of carbonyl (C=O) groups excluding carboxylic acids is 1. The van der Waals surface area contributed by atoms with Crippen LogP contribution in [0.1, 0.15) is 20.3 Å². The Balaban J connectivity index is 3.77. The highest BCUT2D eigenvalue weighted by Crippen LogP contribution is 2.02. The van der Waals surface area contributed by atoms with Crippen molar-refractivity contribution in [1.29, 1.82) is 0 Å². The molecule has 1 amide bonds. The second-order valence-electron chi connectivity index (χ2n) is 2.75. The number of carbonyl (C=O) groups is 1. The zero-order chi connectivity index (χ0) is 9.56. The Morgan fingerprint density at radius 1 is 1.67 bits per heavy atom. The van der Waals surface area contributed by atoms with Crippen molar-refractivity contribution in [2.45, 2.75) is 31.6 Å². The van der Waals surface area contributed by atoms with Crippen molar-refractivity contribution < 1.29 is 4.79 Å². The molecule has 0 saturated carbocycles. The van der Waals surface area contributed by atoms with Gasteiger partial charge in [-0.1, -0.05) is 6.92 Å². The molecule has 0 bridgehead atoms. The van der Waals surface area contributed by atoms with Gasteiger partial charge in [0.1, 0.15) is 0 Å². The summed E-state index contributed by atoms with van der Waals surface area (Å²) in [5.74, 6) is 1.00. The normalized spacial score (nSPS) is 15.3. The molecular formula is C8H17NOS2. The number of hydrogen-bond acceptors (Lipinski definition) is 3. The Labute approximate surface area is 84.3 Å². The molecule has 0 heterocycles. The van der Waals surface area contributed by atoms with Crippen LogP contribution in [-0.4, -0.2) is 29.2 Å². The molecule has 0 aliphatic carbocycles. The summed E-state index contributed by atoms with van der Waals surface area (Å²) in [6.45, 7) is 3.86. The summed E-state index contributed by atoms with van der Waals surface area (Å²) >= 11 is 5.80. The van der Waals surface area contributed by atoms with Crippen molar-refractivity contribution in [3.05, 3.63) is 0 Å². The third kappa shape index (κ3) is 4.93. The van der Waals surface area contributed by atoms with Gasteiger partial charge in [-0.25, -0.2) is 0 Å². The zero-order valence-electron chi connectivity index (χ0n) is 7.83. The summed E-state index contributed by atoms with van der Waals surface area (Å²) in [5.41, 5.74) is 0. The summed E-state index contributed by atoms with van der Waals surface area (Å²) in [5, 5.41) is 2.72. The van der Waals surface area contributed by atoms with E-state index in [1.54, 1.807) is 18.7 Å². The van der Waals surface area contributed by atoms with E-state index >= 15 is 0 Å². The lowest BCUT2D eigenvalue weighted by atomic mass is 10.2. The predicted octanol–water partition coefficient (Wildman–Crippen LogP) is 1.56. The molecule has 0 aliphatic heterocycles. The zero-order valence-corrected chi connectivity index (χ0v) is 9.54. The van der Waals surface area contributed by atoms with Crippen LogP contribution in [0.5, 0.6) is 0 Å². The van der Waals surface area contributed by atoms with Gasteiger partial charge in [-0.2, -0.15) is 24.4 Å². The van der Waals surface area contributed by atoms with Crippen LogP contribution in [0.15, 0.2) is 0 Å². The summed E-state index contributed by atoms with van der Waals surface area (Å²) in [4.78, 5) is 11.2. The minimum atomic E-state index is -0.207. The molecule has 0 spiro atoms. The molecule has 0 aromatic carbocycles. The van der Waals surface area contributed by atoms with E-state index in [2.05, 4.69) is 24.9 Å². The number of amides is 1. The second kappa shape index (κ2) is 6.66. The van der Waals surface area contributed by atoms with Crippen molar-refractivity contribution >= 4 is 30.3 Å². The Bertz CT molecular complexity index is 139. The van der Waals surface area contributed by atoms with E-state index in [0.29, 0.717) is 6.04 Å². The third-order valence-electron chi connectivity index (χ3n) is 1.59. The number of rotatable bonds is 5. The van der Waals surface area contributed by atoms with E-state index in [4.69, 9.17) is 0 Å². The van der Waals surface area contributed by atoms with Gasteiger partial charge in [0, 0.05) is 11.8 Å². The molecule has 2 unspecified atom stereocenters. The molecule has 2 nitrogen and oxygen atoms in total. The number of hydrogen-bond donors (Lipinski definition) is 2. The molecule has 0 aromatic heterocycles. The summed E-state index contributed by atoms with van der Waals surface area (Å²) in [6.07, 6.45) is 3.02. The lowest BCUT2D eigenvalue weighted by Gasteiger charge is -2.16. The Hall–Kier alpha value is 0.170. The van der Waals surface area contributed by atoms with Gasteiger partial charge in [-0.15, -0.1) is 0 Å². The predicted molar refractivity (Wildman–Crippen MR) is 59.1 cm³/mol. The minimum Gasteiger partial charge on any atom is -0.352 e. The average molecular weight is 207 g/mol. The number of nitrogens with one attached hydrogen (secondary N) is 1. The maximum absolute atomic E-state index is 11.2. The molecule has 72 valence electrons. The fourth-order valence-corrected chi connectivity index (χ4v) is 1.58. The van der Waals surface area contributed by atoms with Crippen molar-refractivity contribution in [2.75, 3.05) is 12.0 Å². The Morgan fingerprint density at radius 2 is 2.25 bits per heavy atom. The molecule has 0 fully saturated rings. The maximum atomic E-state index is 11.2. The summed E-state index contributed by atoms with van der Waals surface area (Å²) in [7, 11) is 0. The largest absolute Gasteiger partial charge is 0.352 e. The molecule has 12 heavy (non-hydrogen) atoms. The van der Waals surface area contributed by atoms with Crippen LogP contribution >= 0.6 is 24.4 Å². The van der Waals surface area contributed by atoms with Crippen molar-refractivity contribution in [3.63, 3.8) is 0 Å². The fourth-order valence-electron chi connectivity index (χ4n) is 0.785. The van der Waals surface area contributed by atoms with Crippen LogP contribution in [0, 0.1) is 0 Å². The average Bonchev–Trinajstić information content (AvgIpc) is 2.03. The Kier molecular flexibility index (Phi) is 6.76. The van der Waals surface area contributed by atoms with Gasteiger partial charge in [0.2, 0.25) is 5.91 Å². The fraction of sp³-hybridized carbons (Fsp3) is 0.875. The van der Waals surface area contributed by atoms with Gasteiger partial charge in [0.05, 0.1) is 5.25 Å². The smallest absolute Gasteiger partial charge is 0.232 e. The number of thiol groups is 1. The van der Waals surface area contributed by atoms with E-state index in [1.165, 1.54) is 0 Å². The molecule has 0 aliphatic rings. The highest BCUT2D eigenvalue weighted by atomic mass is 32.2. The van der Waals surface area contributed by atoms with Crippen molar-refractivity contribution in [2.24, 2.45) is 0 Å². The molecule has 0 radical (unpaired) electrons. The van der Waals surface area contributed by atoms with E-state index in [-0.39, 0.29) is 11.2 Å². The quantitative estimate of drug-likeness (QED) is 0.670. The van der Waals surface area contributed by atoms with E-state index in [1.807, 2.05) is 6.26 Å². The van der Waals surface area contributed by atoms with Gasteiger partial charge >= 0.3 is 0 Å². The number of thioether (sulfide) groups is 1. The van der Waals surface area contributed by atoms with Gasteiger partial charge in [-0.05, 0) is 19.6 Å². The summed E-state index contributed by atoms with van der Waals surface area (Å²) < 4.78 is 0. The van der Waals surface area contributed by atoms with E-state index in [0.717, 1.165) is 12.2 Å². The van der Waals surface area contributed by atoms with Crippen LogP contribution < -0.4 is 5.32 Å². The molecule has 1 N–H and O–H groups in total. The Morgan fingerprint density at radius 3 is 2.58 bits per heavy atom. The monoisotopic (exact) mass is 207 g/mol.